The summed E-state index contributed by atoms with van der Waals surface area (Å²) in [5, 5.41) is 3.50. The molecule has 3 atom stereocenters. The molecule has 1 N–H and O–H groups in total. The highest BCUT2D eigenvalue weighted by molar-refractivity contribution is 5.37. The third kappa shape index (κ3) is 2.74. The lowest BCUT2D eigenvalue weighted by atomic mass is 10.1. The second kappa shape index (κ2) is 5.77. The van der Waals surface area contributed by atoms with Gasteiger partial charge >= 0.3 is 0 Å². The number of nitrogens with zero attached hydrogens (tertiary/aromatic N) is 3. The molecule has 1 saturated heterocycles. The lowest BCUT2D eigenvalue weighted by Crippen LogP contribution is -2.40. The van der Waals surface area contributed by atoms with Gasteiger partial charge in [0.05, 0.1) is 11.3 Å². The first-order chi connectivity index (χ1) is 11.2. The molecule has 2 fully saturated rings. The Morgan fingerprint density at radius 2 is 2.00 bits per heavy atom. The van der Waals surface area contributed by atoms with E-state index >= 15 is 0 Å². The molecule has 23 heavy (non-hydrogen) atoms. The van der Waals surface area contributed by atoms with Gasteiger partial charge in [-0.2, -0.15) is 0 Å². The van der Waals surface area contributed by atoms with Crippen LogP contribution in [0.3, 0.4) is 0 Å². The summed E-state index contributed by atoms with van der Waals surface area (Å²) in [6.45, 7) is 4.95. The standard InChI is InChI=1S/C17H20N4O2/c1-10-16(22-14-4-3-5-18-11(14)2)20-9-21-17(10)23-15-7-12-6-13(15)19-8-12/h3-5,9,12-13,15,19H,6-8H2,1-2H3/t12-,13+,15+/m1/s1. The minimum atomic E-state index is 0.190. The summed E-state index contributed by atoms with van der Waals surface area (Å²) in [5.74, 6) is 2.56. The Labute approximate surface area is 135 Å². The number of fused-ring (bicyclic) bond motifs is 2. The first kappa shape index (κ1) is 14.4. The molecule has 0 amide bonds. The summed E-state index contributed by atoms with van der Waals surface area (Å²) in [6, 6.07) is 4.17. The molecule has 1 aliphatic heterocycles. The third-order valence-electron chi connectivity index (χ3n) is 4.69. The van der Waals surface area contributed by atoms with Gasteiger partial charge < -0.3 is 14.8 Å². The summed E-state index contributed by atoms with van der Waals surface area (Å²) in [7, 11) is 0. The number of pyridine rings is 1. The molecular formula is C17H20N4O2. The Morgan fingerprint density at radius 3 is 2.74 bits per heavy atom. The van der Waals surface area contributed by atoms with E-state index in [1.165, 1.54) is 12.7 Å². The number of piperidine rings is 1. The molecular weight excluding hydrogens is 292 g/mol. The number of ether oxygens (including phenoxy) is 2. The van der Waals surface area contributed by atoms with Crippen molar-refractivity contribution in [2.24, 2.45) is 5.92 Å². The SMILES string of the molecule is Cc1ncccc1Oc1ncnc(O[C@H]2C[C@@H]3CN[C@H]2C3)c1C. The van der Waals surface area contributed by atoms with Crippen molar-refractivity contribution >= 4 is 0 Å². The molecule has 0 unspecified atom stereocenters. The van der Waals surface area contributed by atoms with Crippen molar-refractivity contribution in [3.63, 3.8) is 0 Å². The van der Waals surface area contributed by atoms with Gasteiger partial charge in [-0.25, -0.2) is 9.97 Å². The Hall–Kier alpha value is -2.21. The summed E-state index contributed by atoms with van der Waals surface area (Å²) < 4.78 is 12.0. The molecule has 4 rings (SSSR count). The average Bonchev–Trinajstić information content (AvgIpc) is 3.16. The molecule has 1 saturated carbocycles. The van der Waals surface area contributed by atoms with Crippen molar-refractivity contribution in [2.45, 2.75) is 38.8 Å². The Bertz CT molecular complexity index is 721. The molecule has 2 aliphatic rings. The highest BCUT2D eigenvalue weighted by Crippen LogP contribution is 2.35. The fraction of sp³-hybridized carbons (Fsp3) is 0.471. The van der Waals surface area contributed by atoms with Crippen LogP contribution in [0.25, 0.3) is 0 Å². The van der Waals surface area contributed by atoms with Crippen LogP contribution < -0.4 is 14.8 Å². The van der Waals surface area contributed by atoms with Crippen LogP contribution in [0.1, 0.15) is 24.1 Å². The molecule has 2 bridgehead atoms. The number of nitrogens with one attached hydrogen (secondary N) is 1. The van der Waals surface area contributed by atoms with Crippen LogP contribution in [0.2, 0.25) is 0 Å². The smallest absolute Gasteiger partial charge is 0.229 e. The lowest BCUT2D eigenvalue weighted by molar-refractivity contribution is 0.150. The molecule has 1 aliphatic carbocycles. The predicted molar refractivity (Wildman–Crippen MR) is 84.7 cm³/mol. The van der Waals surface area contributed by atoms with E-state index in [1.54, 1.807) is 6.20 Å². The van der Waals surface area contributed by atoms with E-state index in [4.69, 9.17) is 9.47 Å². The summed E-state index contributed by atoms with van der Waals surface area (Å²) in [5.41, 5.74) is 1.64. The van der Waals surface area contributed by atoms with Crippen molar-refractivity contribution in [2.75, 3.05) is 6.54 Å². The molecule has 120 valence electrons. The zero-order valence-corrected chi connectivity index (χ0v) is 13.3. The molecule has 0 aromatic carbocycles. The number of rotatable bonds is 4. The monoisotopic (exact) mass is 312 g/mol. The van der Waals surface area contributed by atoms with Crippen LogP contribution in [0, 0.1) is 19.8 Å². The molecule has 6 nitrogen and oxygen atoms in total. The number of aryl methyl sites for hydroxylation is 1. The van der Waals surface area contributed by atoms with E-state index in [0.29, 0.717) is 23.6 Å². The number of aromatic nitrogens is 3. The second-order valence-corrected chi connectivity index (χ2v) is 6.31. The Kier molecular flexibility index (Phi) is 3.61. The van der Waals surface area contributed by atoms with E-state index in [9.17, 15) is 0 Å². The normalized spacial score (nSPS) is 25.6. The zero-order chi connectivity index (χ0) is 15.8. The topological polar surface area (TPSA) is 69.2 Å². The molecule has 2 aromatic rings. The third-order valence-corrected chi connectivity index (χ3v) is 4.69. The average molecular weight is 312 g/mol. The van der Waals surface area contributed by atoms with Crippen LogP contribution >= 0.6 is 0 Å². The van der Waals surface area contributed by atoms with Crippen LogP contribution in [-0.4, -0.2) is 33.6 Å². The summed E-state index contributed by atoms with van der Waals surface area (Å²) in [6.07, 6.45) is 5.72. The van der Waals surface area contributed by atoms with Crippen molar-refractivity contribution in [1.82, 2.24) is 20.3 Å². The van der Waals surface area contributed by atoms with Crippen LogP contribution in [0.15, 0.2) is 24.7 Å². The number of hydrogen-bond donors (Lipinski definition) is 1. The first-order valence-corrected chi connectivity index (χ1v) is 8.02. The highest BCUT2D eigenvalue weighted by atomic mass is 16.5. The fourth-order valence-electron chi connectivity index (χ4n) is 3.40. The van der Waals surface area contributed by atoms with Gasteiger partial charge in [-0.15, -0.1) is 0 Å². The van der Waals surface area contributed by atoms with Gasteiger partial charge in [0, 0.05) is 12.2 Å². The van der Waals surface area contributed by atoms with E-state index < -0.39 is 0 Å². The minimum absolute atomic E-state index is 0.190. The summed E-state index contributed by atoms with van der Waals surface area (Å²) >= 11 is 0. The lowest BCUT2D eigenvalue weighted by Gasteiger charge is -2.24. The maximum Gasteiger partial charge on any atom is 0.229 e. The molecule has 2 aromatic heterocycles. The van der Waals surface area contributed by atoms with Gasteiger partial charge in [0.25, 0.3) is 0 Å². The maximum atomic E-state index is 6.14. The van der Waals surface area contributed by atoms with Gasteiger partial charge in [-0.05, 0) is 51.3 Å². The highest BCUT2D eigenvalue weighted by Gasteiger charge is 2.41. The second-order valence-electron chi connectivity index (χ2n) is 6.31. The molecule has 3 heterocycles. The van der Waals surface area contributed by atoms with Crippen LogP contribution in [-0.2, 0) is 0 Å². The van der Waals surface area contributed by atoms with Crippen LogP contribution in [0.5, 0.6) is 17.5 Å². The molecule has 0 spiro atoms. The van der Waals surface area contributed by atoms with Gasteiger partial charge in [0.2, 0.25) is 11.8 Å². The van der Waals surface area contributed by atoms with Gasteiger partial charge in [-0.3, -0.25) is 4.98 Å². The molecule has 0 radical (unpaired) electrons. The van der Waals surface area contributed by atoms with E-state index in [2.05, 4.69) is 20.3 Å². The van der Waals surface area contributed by atoms with Gasteiger partial charge in [-0.1, -0.05) is 0 Å². The van der Waals surface area contributed by atoms with E-state index in [0.717, 1.165) is 30.1 Å². The zero-order valence-electron chi connectivity index (χ0n) is 13.3. The fourth-order valence-corrected chi connectivity index (χ4v) is 3.40. The van der Waals surface area contributed by atoms with Crippen LogP contribution in [0.4, 0.5) is 0 Å². The predicted octanol–water partition coefficient (Wildman–Crippen LogP) is 2.41. The van der Waals surface area contributed by atoms with E-state index in [1.807, 2.05) is 26.0 Å². The summed E-state index contributed by atoms with van der Waals surface area (Å²) in [4.78, 5) is 12.8. The minimum Gasteiger partial charge on any atom is -0.472 e. The Balaban J connectivity index is 1.54. The van der Waals surface area contributed by atoms with Gasteiger partial charge in [0.15, 0.2) is 5.75 Å². The largest absolute Gasteiger partial charge is 0.472 e. The quantitative estimate of drug-likeness (QED) is 0.935. The van der Waals surface area contributed by atoms with Crippen molar-refractivity contribution in [3.8, 4) is 17.5 Å². The van der Waals surface area contributed by atoms with Crippen molar-refractivity contribution in [3.05, 3.63) is 35.9 Å². The van der Waals surface area contributed by atoms with Gasteiger partial charge in [0.1, 0.15) is 12.4 Å². The molecule has 6 heteroatoms. The van der Waals surface area contributed by atoms with Crippen molar-refractivity contribution in [1.29, 1.82) is 0 Å². The number of hydrogen-bond acceptors (Lipinski definition) is 6. The van der Waals surface area contributed by atoms with Crippen molar-refractivity contribution < 1.29 is 9.47 Å². The Morgan fingerprint density at radius 1 is 1.13 bits per heavy atom. The first-order valence-electron chi connectivity index (χ1n) is 8.02. The maximum absolute atomic E-state index is 6.14. The van der Waals surface area contributed by atoms with E-state index in [-0.39, 0.29) is 6.10 Å².